The third kappa shape index (κ3) is 21.7. The Morgan fingerprint density at radius 3 is 1.53 bits per heavy atom. The van der Waals surface area contributed by atoms with Crippen LogP contribution in [-0.4, -0.2) is 98.1 Å². The SMILES string of the molecule is CCC(=O)N(CCNC(=O)CC1CCCC1)CC(=O)NC.CCC(=O)N(CCNC(C)=O)CC(=O)NCC1CCCC1.[CH3-].[CH3-].[Fe+2]. The maximum Gasteiger partial charge on any atom is 2.00 e. The summed E-state index contributed by atoms with van der Waals surface area (Å²) >= 11 is 0. The summed E-state index contributed by atoms with van der Waals surface area (Å²) in [5.74, 6) is 0.545. The third-order valence-corrected chi connectivity index (χ3v) is 7.73. The van der Waals surface area contributed by atoms with Gasteiger partial charge < -0.3 is 45.9 Å². The van der Waals surface area contributed by atoms with E-state index in [9.17, 15) is 28.8 Å². The summed E-state index contributed by atoms with van der Waals surface area (Å²) in [7, 11) is 1.54. The first-order valence-corrected chi connectivity index (χ1v) is 15.6. The fourth-order valence-corrected chi connectivity index (χ4v) is 5.23. The van der Waals surface area contributed by atoms with Gasteiger partial charge in [-0.25, -0.2) is 0 Å². The minimum absolute atomic E-state index is 0. The van der Waals surface area contributed by atoms with Gasteiger partial charge in [-0.3, -0.25) is 28.8 Å². The van der Waals surface area contributed by atoms with Crippen LogP contribution in [0, 0.1) is 26.7 Å². The molecule has 0 aliphatic heterocycles. The second-order valence-electron chi connectivity index (χ2n) is 11.2. The second-order valence-corrected chi connectivity index (χ2v) is 11.2. The van der Waals surface area contributed by atoms with Crippen LogP contribution in [0.3, 0.4) is 0 Å². The van der Waals surface area contributed by atoms with Crippen molar-refractivity contribution in [3.05, 3.63) is 14.9 Å². The number of amides is 6. The number of hydrogen-bond acceptors (Lipinski definition) is 6. The average Bonchev–Trinajstić information content (AvgIpc) is 3.69. The quantitative estimate of drug-likeness (QED) is 0.145. The van der Waals surface area contributed by atoms with Crippen molar-refractivity contribution in [2.75, 3.05) is 52.9 Å². The summed E-state index contributed by atoms with van der Waals surface area (Å²) in [5.41, 5.74) is 0. The maximum atomic E-state index is 11.9. The van der Waals surface area contributed by atoms with E-state index in [2.05, 4.69) is 21.3 Å². The van der Waals surface area contributed by atoms with Crippen molar-refractivity contribution in [2.24, 2.45) is 11.8 Å². The van der Waals surface area contributed by atoms with Gasteiger partial charge in [-0.05, 0) is 37.5 Å². The van der Waals surface area contributed by atoms with Gasteiger partial charge in [0.2, 0.25) is 35.4 Å². The van der Waals surface area contributed by atoms with Crippen molar-refractivity contribution in [3.63, 3.8) is 0 Å². The molecule has 2 aliphatic carbocycles. The van der Waals surface area contributed by atoms with Gasteiger partial charge in [0.05, 0.1) is 13.1 Å². The molecule has 0 spiro atoms. The topological polar surface area (TPSA) is 157 Å². The smallest absolute Gasteiger partial charge is 0.358 e. The van der Waals surface area contributed by atoms with Crippen molar-refractivity contribution in [1.29, 1.82) is 0 Å². The Morgan fingerprint density at radius 2 is 1.09 bits per heavy atom. The largest absolute Gasteiger partial charge is 2.00 e. The van der Waals surface area contributed by atoms with E-state index in [1.165, 1.54) is 55.2 Å². The van der Waals surface area contributed by atoms with Crippen LogP contribution >= 0.6 is 0 Å². The molecule has 0 aromatic rings. The van der Waals surface area contributed by atoms with E-state index < -0.39 is 0 Å². The predicted molar refractivity (Wildman–Crippen MR) is 174 cm³/mol. The molecule has 2 aliphatic rings. The number of likely N-dealkylation sites (N-methyl/N-ethyl adjacent to an activating group) is 1. The molecule has 45 heavy (non-hydrogen) atoms. The molecule has 2 saturated carbocycles. The minimum Gasteiger partial charge on any atom is -0.358 e. The number of carbonyl (C=O) groups is 6. The van der Waals surface area contributed by atoms with Crippen molar-refractivity contribution in [2.45, 2.75) is 91.4 Å². The Labute approximate surface area is 282 Å². The molecule has 12 nitrogen and oxygen atoms in total. The third-order valence-electron chi connectivity index (χ3n) is 7.73. The first kappa shape index (κ1) is 46.8. The Morgan fingerprint density at radius 1 is 0.644 bits per heavy atom. The van der Waals surface area contributed by atoms with E-state index in [4.69, 9.17) is 0 Å². The van der Waals surface area contributed by atoms with Crippen LogP contribution in [0.15, 0.2) is 0 Å². The van der Waals surface area contributed by atoms with Gasteiger partial charge in [0.15, 0.2) is 0 Å². The van der Waals surface area contributed by atoms with Crippen LogP contribution in [0.5, 0.6) is 0 Å². The molecule has 0 heterocycles. The monoisotopic (exact) mass is 680 g/mol. The van der Waals surface area contributed by atoms with Crippen molar-refractivity contribution < 1.29 is 45.8 Å². The molecule has 0 unspecified atom stereocenters. The van der Waals surface area contributed by atoms with Crippen molar-refractivity contribution in [1.82, 2.24) is 31.1 Å². The molecular formula is C32H60FeN6O6. The van der Waals surface area contributed by atoms with E-state index in [1.807, 2.05) is 0 Å². The molecule has 2 fully saturated rings. The van der Waals surface area contributed by atoms with E-state index in [-0.39, 0.29) is 80.5 Å². The Bertz CT molecular complexity index is 878. The number of carbonyl (C=O) groups excluding carboxylic acids is 6. The van der Waals surface area contributed by atoms with Crippen LogP contribution < -0.4 is 21.3 Å². The normalized spacial score (nSPS) is 13.8. The van der Waals surface area contributed by atoms with Gasteiger partial charge in [0.1, 0.15) is 0 Å². The number of hydrogen-bond donors (Lipinski definition) is 4. The van der Waals surface area contributed by atoms with E-state index >= 15 is 0 Å². The van der Waals surface area contributed by atoms with E-state index in [0.29, 0.717) is 63.8 Å². The summed E-state index contributed by atoms with van der Waals surface area (Å²) in [4.78, 5) is 72.5. The summed E-state index contributed by atoms with van der Waals surface area (Å²) in [6.07, 6.45) is 10.9. The zero-order valence-electron chi connectivity index (χ0n) is 28.6. The predicted octanol–water partition coefficient (Wildman–Crippen LogP) is 2.23. The Balaban J connectivity index is -0.000000735. The fraction of sp³-hybridized carbons (Fsp3) is 0.750. The Kier molecular flexibility index (Phi) is 28.7. The molecule has 262 valence electrons. The maximum absolute atomic E-state index is 11.9. The van der Waals surface area contributed by atoms with Crippen molar-refractivity contribution in [3.8, 4) is 0 Å². The van der Waals surface area contributed by atoms with Crippen LogP contribution in [0.2, 0.25) is 0 Å². The standard InChI is InChI=1S/2C15H27N3O3.2CH3.Fe/c1-3-15(21)18(11-14(20)16-2)9-8-17-13(19)10-12-6-4-5-7-12;1-3-15(21)18(9-8-16-12(2)19)11-14(20)17-10-13-6-4-5-7-13;;;/h12H,3-11H2,1-2H3,(H,16,20)(H,17,19);13H,3-11H2,1-2H3,(H,16,19)(H,17,20);2*1H3;/q;;2*-1;+2. The van der Waals surface area contributed by atoms with Crippen LogP contribution in [0.4, 0.5) is 0 Å². The first-order valence-electron chi connectivity index (χ1n) is 15.6. The molecular weight excluding hydrogens is 620 g/mol. The number of nitrogens with one attached hydrogen (secondary N) is 4. The molecule has 2 rings (SSSR count). The molecule has 0 aromatic heterocycles. The molecule has 0 radical (unpaired) electrons. The summed E-state index contributed by atoms with van der Waals surface area (Å²) in [5, 5.41) is 10.9. The van der Waals surface area contributed by atoms with Gasteiger partial charge in [-0.2, -0.15) is 0 Å². The van der Waals surface area contributed by atoms with Crippen LogP contribution in [-0.2, 0) is 45.8 Å². The molecule has 0 saturated heterocycles. The first-order chi connectivity index (χ1) is 20.1. The van der Waals surface area contributed by atoms with Crippen molar-refractivity contribution >= 4 is 35.4 Å². The van der Waals surface area contributed by atoms with Gasteiger partial charge in [-0.15, -0.1) is 0 Å². The molecule has 13 heteroatoms. The zero-order chi connectivity index (χ0) is 31.3. The van der Waals surface area contributed by atoms with E-state index in [0.717, 1.165) is 12.8 Å². The van der Waals surface area contributed by atoms with Gasteiger partial charge in [0.25, 0.3) is 0 Å². The number of nitrogens with zero attached hydrogens (tertiary/aromatic N) is 2. The summed E-state index contributed by atoms with van der Waals surface area (Å²) in [6, 6.07) is 0. The van der Waals surface area contributed by atoms with Gasteiger partial charge in [-0.1, -0.05) is 39.5 Å². The average molecular weight is 681 g/mol. The minimum atomic E-state index is -0.200. The molecule has 4 N–H and O–H groups in total. The summed E-state index contributed by atoms with van der Waals surface area (Å²) in [6.45, 7) is 7.28. The van der Waals surface area contributed by atoms with Gasteiger partial charge >= 0.3 is 17.1 Å². The van der Waals surface area contributed by atoms with Gasteiger partial charge in [0, 0.05) is 66.0 Å². The van der Waals surface area contributed by atoms with Crippen LogP contribution in [0.25, 0.3) is 0 Å². The molecule has 0 aromatic carbocycles. The Hall–Kier alpha value is -2.66. The second kappa shape index (κ2) is 27.6. The molecule has 0 atom stereocenters. The molecule has 0 bridgehead atoms. The molecule has 6 amide bonds. The summed E-state index contributed by atoms with van der Waals surface area (Å²) < 4.78 is 0. The van der Waals surface area contributed by atoms with E-state index in [1.54, 1.807) is 20.9 Å². The zero-order valence-corrected chi connectivity index (χ0v) is 29.7. The van der Waals surface area contributed by atoms with Crippen LogP contribution in [0.1, 0.15) is 91.4 Å². The number of rotatable bonds is 16. The fourth-order valence-electron chi connectivity index (χ4n) is 5.23.